The molecule has 2 aromatic rings. The van der Waals surface area contributed by atoms with E-state index < -0.39 is 23.8 Å². The van der Waals surface area contributed by atoms with E-state index in [4.69, 9.17) is 9.47 Å². The Labute approximate surface area is 156 Å². The van der Waals surface area contributed by atoms with Gasteiger partial charge < -0.3 is 9.47 Å². The van der Waals surface area contributed by atoms with E-state index >= 15 is 0 Å². The van der Waals surface area contributed by atoms with Crippen LogP contribution in [0.2, 0.25) is 0 Å². The summed E-state index contributed by atoms with van der Waals surface area (Å²) in [5.41, 5.74) is 1.01. The first-order chi connectivity index (χ1) is 12.8. The molecule has 0 aliphatic heterocycles. The summed E-state index contributed by atoms with van der Waals surface area (Å²) in [6, 6.07) is 14.1. The maximum absolute atomic E-state index is 12.7. The van der Waals surface area contributed by atoms with Crippen LogP contribution in [0.1, 0.15) is 36.1 Å². The van der Waals surface area contributed by atoms with Crippen molar-refractivity contribution in [3.63, 3.8) is 0 Å². The van der Waals surface area contributed by atoms with E-state index in [1.165, 1.54) is 12.1 Å². The zero-order valence-corrected chi connectivity index (χ0v) is 15.0. The van der Waals surface area contributed by atoms with Gasteiger partial charge in [0, 0.05) is 12.0 Å². The summed E-state index contributed by atoms with van der Waals surface area (Å²) < 4.78 is 48.8. The molecule has 0 radical (unpaired) electrons. The molecule has 0 N–H and O–H groups in total. The number of esters is 1. The Hall–Kier alpha value is -2.60. The predicted molar refractivity (Wildman–Crippen MR) is 95.8 cm³/mol. The van der Waals surface area contributed by atoms with Gasteiger partial charge in [0.15, 0.2) is 0 Å². The number of carbonyl (C=O) groups excluding carboxylic acids is 1. The Morgan fingerprint density at radius 3 is 2.26 bits per heavy atom. The number of ether oxygens (including phenoxy) is 2. The molecule has 2 aromatic carbocycles. The van der Waals surface area contributed by atoms with E-state index in [2.05, 4.69) is 6.58 Å². The highest BCUT2D eigenvalue weighted by atomic mass is 19.4. The molecule has 3 nitrogen and oxygen atoms in total. The lowest BCUT2D eigenvalue weighted by molar-refractivity contribution is -0.139. The summed E-state index contributed by atoms with van der Waals surface area (Å²) >= 11 is 0. The molecule has 2 rings (SSSR count). The summed E-state index contributed by atoms with van der Waals surface area (Å²) in [5.74, 6) is -0.489. The van der Waals surface area contributed by atoms with Crippen LogP contribution in [-0.2, 0) is 27.1 Å². The molecule has 0 amide bonds. The van der Waals surface area contributed by atoms with Crippen LogP contribution in [0.4, 0.5) is 13.2 Å². The largest absolute Gasteiger partial charge is 0.463 e. The van der Waals surface area contributed by atoms with Gasteiger partial charge in [-0.2, -0.15) is 13.2 Å². The van der Waals surface area contributed by atoms with Crippen molar-refractivity contribution in [1.29, 1.82) is 0 Å². The highest BCUT2D eigenvalue weighted by Crippen LogP contribution is 2.30. The van der Waals surface area contributed by atoms with Crippen molar-refractivity contribution in [2.24, 2.45) is 0 Å². The molecule has 0 spiro atoms. The monoisotopic (exact) mass is 378 g/mol. The Bertz CT molecular complexity index is 752. The maximum Gasteiger partial charge on any atom is 0.416 e. The van der Waals surface area contributed by atoms with Crippen molar-refractivity contribution in [1.82, 2.24) is 0 Å². The van der Waals surface area contributed by atoms with Gasteiger partial charge in [-0.25, -0.2) is 4.79 Å². The molecule has 1 atom stereocenters. The van der Waals surface area contributed by atoms with Crippen LogP contribution in [0.15, 0.2) is 66.7 Å². The molecule has 27 heavy (non-hydrogen) atoms. The van der Waals surface area contributed by atoms with Crippen LogP contribution >= 0.6 is 0 Å². The predicted octanol–water partition coefficient (Wildman–Crippen LogP) is 5.47. The number of rotatable bonds is 8. The second-order valence-electron chi connectivity index (χ2n) is 5.93. The van der Waals surface area contributed by atoms with Crippen LogP contribution < -0.4 is 0 Å². The van der Waals surface area contributed by atoms with Crippen molar-refractivity contribution in [3.05, 3.63) is 83.4 Å². The summed E-state index contributed by atoms with van der Waals surface area (Å²) in [4.78, 5) is 11.8. The standard InChI is InChI=1S/C21H21F3O3/c1-3-26-20(25)15(2)13-19(17-7-5-4-6-8-17)27-14-16-9-11-18(12-10-16)21(22,23)24/h4-12,19H,2-3,13-14H2,1H3. The molecular weight excluding hydrogens is 357 g/mol. The Morgan fingerprint density at radius 2 is 1.70 bits per heavy atom. The van der Waals surface area contributed by atoms with Gasteiger partial charge in [0.1, 0.15) is 0 Å². The van der Waals surface area contributed by atoms with E-state index in [0.717, 1.165) is 17.7 Å². The lowest BCUT2D eigenvalue weighted by atomic mass is 10.0. The smallest absolute Gasteiger partial charge is 0.416 e. The Kier molecular flexibility index (Phi) is 7.19. The number of carbonyl (C=O) groups is 1. The van der Waals surface area contributed by atoms with Crippen LogP contribution in [0, 0.1) is 0 Å². The third kappa shape index (κ3) is 6.25. The minimum absolute atomic E-state index is 0.105. The van der Waals surface area contributed by atoms with Gasteiger partial charge in [0.05, 0.1) is 24.9 Å². The summed E-state index contributed by atoms with van der Waals surface area (Å²) in [7, 11) is 0. The van der Waals surface area contributed by atoms with Gasteiger partial charge in [-0.15, -0.1) is 0 Å². The van der Waals surface area contributed by atoms with Crippen molar-refractivity contribution >= 4 is 5.97 Å². The van der Waals surface area contributed by atoms with Crippen LogP contribution in [-0.4, -0.2) is 12.6 Å². The Balaban J connectivity index is 2.08. The molecule has 1 unspecified atom stereocenters. The van der Waals surface area contributed by atoms with Gasteiger partial charge in [-0.05, 0) is 30.2 Å². The third-order valence-electron chi connectivity index (χ3n) is 3.90. The topological polar surface area (TPSA) is 35.5 Å². The molecule has 0 aliphatic rings. The van der Waals surface area contributed by atoms with Gasteiger partial charge >= 0.3 is 12.1 Å². The second-order valence-corrected chi connectivity index (χ2v) is 5.93. The van der Waals surface area contributed by atoms with Gasteiger partial charge in [0.25, 0.3) is 0 Å². The van der Waals surface area contributed by atoms with E-state index in [1.54, 1.807) is 6.92 Å². The number of benzene rings is 2. The van der Waals surface area contributed by atoms with E-state index in [-0.39, 0.29) is 25.2 Å². The van der Waals surface area contributed by atoms with Gasteiger partial charge in [-0.1, -0.05) is 49.0 Å². The van der Waals surface area contributed by atoms with Crippen molar-refractivity contribution in [2.75, 3.05) is 6.61 Å². The van der Waals surface area contributed by atoms with Crippen LogP contribution in [0.3, 0.4) is 0 Å². The number of halogens is 3. The normalized spacial score (nSPS) is 12.4. The summed E-state index contributed by atoms with van der Waals surface area (Å²) in [6.07, 6.45) is -4.61. The second kappa shape index (κ2) is 9.37. The molecule has 0 aliphatic carbocycles. The first-order valence-electron chi connectivity index (χ1n) is 8.48. The molecule has 0 fully saturated rings. The number of alkyl halides is 3. The quantitative estimate of drug-likeness (QED) is 0.451. The first kappa shape index (κ1) is 20.7. The molecule has 0 saturated carbocycles. The first-order valence-corrected chi connectivity index (χ1v) is 8.48. The minimum Gasteiger partial charge on any atom is -0.463 e. The maximum atomic E-state index is 12.7. The fourth-order valence-corrected chi connectivity index (χ4v) is 2.47. The zero-order valence-electron chi connectivity index (χ0n) is 15.0. The van der Waals surface area contributed by atoms with Crippen molar-refractivity contribution < 1.29 is 27.4 Å². The lowest BCUT2D eigenvalue weighted by Gasteiger charge is -2.19. The van der Waals surface area contributed by atoms with E-state index in [0.29, 0.717) is 5.56 Å². The van der Waals surface area contributed by atoms with Crippen molar-refractivity contribution in [2.45, 2.75) is 32.2 Å². The van der Waals surface area contributed by atoms with Gasteiger partial charge in [-0.3, -0.25) is 0 Å². The number of hydrogen-bond acceptors (Lipinski definition) is 3. The molecule has 144 valence electrons. The molecule has 0 bridgehead atoms. The SMILES string of the molecule is C=C(CC(OCc1ccc(C(F)(F)F)cc1)c1ccccc1)C(=O)OCC. The molecule has 6 heteroatoms. The third-order valence-corrected chi connectivity index (χ3v) is 3.90. The molecule has 0 saturated heterocycles. The lowest BCUT2D eigenvalue weighted by Crippen LogP contribution is -2.12. The molecule has 0 aromatic heterocycles. The van der Waals surface area contributed by atoms with E-state index in [9.17, 15) is 18.0 Å². The Morgan fingerprint density at radius 1 is 1.07 bits per heavy atom. The van der Waals surface area contributed by atoms with E-state index in [1.807, 2.05) is 30.3 Å². The van der Waals surface area contributed by atoms with Crippen molar-refractivity contribution in [3.8, 4) is 0 Å². The fourth-order valence-electron chi connectivity index (χ4n) is 2.47. The summed E-state index contributed by atoms with van der Waals surface area (Å²) in [6.45, 7) is 5.82. The highest BCUT2D eigenvalue weighted by molar-refractivity contribution is 5.87. The summed E-state index contributed by atoms with van der Waals surface area (Å²) in [5, 5.41) is 0. The molecule has 0 heterocycles. The number of hydrogen-bond donors (Lipinski definition) is 0. The van der Waals surface area contributed by atoms with Crippen LogP contribution in [0.25, 0.3) is 0 Å². The van der Waals surface area contributed by atoms with Gasteiger partial charge in [0.2, 0.25) is 0 Å². The van der Waals surface area contributed by atoms with Crippen LogP contribution in [0.5, 0.6) is 0 Å². The average Bonchev–Trinajstić information content (AvgIpc) is 2.65. The highest BCUT2D eigenvalue weighted by Gasteiger charge is 2.30. The molecular formula is C21H21F3O3. The fraction of sp³-hybridized carbons (Fsp3) is 0.286. The zero-order chi connectivity index (χ0) is 19.9. The minimum atomic E-state index is -4.37. The average molecular weight is 378 g/mol.